The van der Waals surface area contributed by atoms with Gasteiger partial charge in [0.25, 0.3) is 5.91 Å². The number of rotatable bonds is 5. The van der Waals surface area contributed by atoms with E-state index in [1.807, 2.05) is 6.92 Å². The Balaban J connectivity index is 2.50. The maximum atomic E-state index is 11.5. The van der Waals surface area contributed by atoms with Gasteiger partial charge in [-0.25, -0.2) is 9.89 Å². The van der Waals surface area contributed by atoms with Crippen LogP contribution >= 0.6 is 11.6 Å². The Labute approximate surface area is 160 Å². The number of guanidine groups is 1. The number of hydrogen-bond donors (Lipinski definition) is 7. The van der Waals surface area contributed by atoms with Crippen LogP contribution in [0, 0.1) is 0 Å². The van der Waals surface area contributed by atoms with Gasteiger partial charge in [0.1, 0.15) is 34.0 Å². The predicted octanol–water partition coefficient (Wildman–Crippen LogP) is 0.0961. The summed E-state index contributed by atoms with van der Waals surface area (Å²) in [5.74, 6) is -1.43. The average Bonchev–Trinajstić information content (AvgIpc) is 2.57. The van der Waals surface area contributed by atoms with Crippen molar-refractivity contribution in [3.05, 3.63) is 46.3 Å². The number of aromatic hydroxyl groups is 2. The number of carbonyl (C=O) groups excluding carboxylic acids is 1. The first-order valence-corrected chi connectivity index (χ1v) is 8.42. The summed E-state index contributed by atoms with van der Waals surface area (Å²) in [4.78, 5) is 17.0. The van der Waals surface area contributed by atoms with E-state index in [4.69, 9.17) is 34.5 Å². The quantitative estimate of drug-likeness (QED) is 0.207. The maximum Gasteiger partial charge on any atom is 0.268 e. The zero-order valence-corrected chi connectivity index (χ0v) is 15.4. The molecule has 0 aromatic heterocycles. The van der Waals surface area contributed by atoms with Crippen LogP contribution in [0.5, 0.6) is 11.5 Å². The van der Waals surface area contributed by atoms with E-state index < -0.39 is 11.9 Å². The van der Waals surface area contributed by atoms with Gasteiger partial charge in [0.15, 0.2) is 0 Å². The number of amides is 1. The van der Waals surface area contributed by atoms with Gasteiger partial charge in [0.2, 0.25) is 5.96 Å². The van der Waals surface area contributed by atoms with E-state index in [1.165, 1.54) is 12.1 Å². The van der Waals surface area contributed by atoms with Crippen molar-refractivity contribution >= 4 is 23.5 Å². The summed E-state index contributed by atoms with van der Waals surface area (Å²) in [7, 11) is 0. The topological polar surface area (TPSA) is 189 Å². The number of nitrogens with zero attached hydrogens (tertiary/aromatic N) is 2. The molecule has 2 rings (SSSR count). The highest BCUT2D eigenvalue weighted by atomic mass is 35.5. The number of aliphatic imine (C=N–C) groups is 1. The third kappa shape index (κ3) is 4.11. The lowest BCUT2D eigenvalue weighted by atomic mass is 10.0. The Morgan fingerprint density at radius 1 is 1.30 bits per heavy atom. The molecule has 0 fully saturated rings. The fourth-order valence-electron chi connectivity index (χ4n) is 2.61. The van der Waals surface area contributed by atoms with Gasteiger partial charge in [0, 0.05) is 11.6 Å². The van der Waals surface area contributed by atoms with Crippen molar-refractivity contribution in [2.45, 2.75) is 25.8 Å². The first-order valence-electron chi connectivity index (χ1n) is 8.04. The standard InChI is InChI=1S/C16H22ClN7O3/c1-2-3-9(8-5-4-7(25)6-10(8)26)22-16(21)24-13(18)11(15(20)27)23-12(17)14(24)19/h4-6,9,23,25-26H,2-3,18-19H2,1H3,(H2,20,27)(H2,21,22). The van der Waals surface area contributed by atoms with E-state index in [2.05, 4.69) is 10.3 Å². The number of benzene rings is 1. The fourth-order valence-corrected chi connectivity index (χ4v) is 2.79. The molecule has 1 aromatic carbocycles. The zero-order valence-electron chi connectivity index (χ0n) is 14.6. The van der Waals surface area contributed by atoms with E-state index in [0.29, 0.717) is 12.0 Å². The molecule has 11 heteroatoms. The van der Waals surface area contributed by atoms with Crippen molar-refractivity contribution < 1.29 is 15.0 Å². The van der Waals surface area contributed by atoms with E-state index in [0.717, 1.165) is 11.3 Å². The first-order chi connectivity index (χ1) is 12.7. The minimum Gasteiger partial charge on any atom is -0.508 e. The summed E-state index contributed by atoms with van der Waals surface area (Å²) in [6.45, 7) is 1.94. The Bertz CT molecular complexity index is 850. The highest BCUT2D eigenvalue weighted by molar-refractivity contribution is 6.30. The van der Waals surface area contributed by atoms with Crippen LogP contribution < -0.4 is 28.3 Å². The average molecular weight is 396 g/mol. The van der Waals surface area contributed by atoms with E-state index in [-0.39, 0.29) is 40.0 Å². The van der Waals surface area contributed by atoms with Gasteiger partial charge in [-0.2, -0.15) is 0 Å². The van der Waals surface area contributed by atoms with Gasteiger partial charge in [-0.15, -0.1) is 0 Å². The second-order valence-electron chi connectivity index (χ2n) is 5.82. The Morgan fingerprint density at radius 3 is 2.52 bits per heavy atom. The van der Waals surface area contributed by atoms with Crippen molar-refractivity contribution in [1.29, 1.82) is 0 Å². The lowest BCUT2D eigenvalue weighted by molar-refractivity contribution is -0.115. The molecule has 0 radical (unpaired) electrons. The predicted molar refractivity (Wildman–Crippen MR) is 101 cm³/mol. The molecule has 1 heterocycles. The van der Waals surface area contributed by atoms with Gasteiger partial charge >= 0.3 is 0 Å². The summed E-state index contributed by atoms with van der Waals surface area (Å²) in [5, 5.41) is 22.0. The molecule has 146 valence electrons. The SMILES string of the molecule is CCCC(N=C(N)N1C(N)=C(Cl)NC(C(N)=O)=C1N)c1ccc(O)cc1O. The van der Waals surface area contributed by atoms with E-state index >= 15 is 0 Å². The lowest BCUT2D eigenvalue weighted by Crippen LogP contribution is -2.49. The largest absolute Gasteiger partial charge is 0.508 e. The Morgan fingerprint density at radius 2 is 1.96 bits per heavy atom. The normalized spacial score (nSPS) is 16.4. The summed E-state index contributed by atoms with van der Waals surface area (Å²) in [5.41, 5.74) is 23.5. The number of halogens is 1. The summed E-state index contributed by atoms with van der Waals surface area (Å²) in [6, 6.07) is 3.62. The molecule has 0 saturated carbocycles. The van der Waals surface area contributed by atoms with Crippen LogP contribution in [0.15, 0.2) is 45.7 Å². The minimum absolute atomic E-state index is 0.0643. The molecule has 0 spiro atoms. The van der Waals surface area contributed by atoms with Crippen LogP contribution in [0.4, 0.5) is 0 Å². The van der Waals surface area contributed by atoms with Gasteiger partial charge in [-0.3, -0.25) is 4.79 Å². The molecule has 27 heavy (non-hydrogen) atoms. The number of nitrogens with one attached hydrogen (secondary N) is 1. The molecule has 1 atom stereocenters. The molecule has 1 aromatic rings. The number of phenols is 2. The molecular formula is C16H22ClN7O3. The zero-order chi connectivity index (χ0) is 20.3. The molecule has 0 bridgehead atoms. The van der Waals surface area contributed by atoms with Crippen LogP contribution in [0.1, 0.15) is 31.4 Å². The number of hydrogen-bond acceptors (Lipinski definition) is 7. The van der Waals surface area contributed by atoms with Crippen molar-refractivity contribution in [3.8, 4) is 11.5 Å². The smallest absolute Gasteiger partial charge is 0.268 e. The molecule has 1 aliphatic rings. The van der Waals surface area contributed by atoms with Gasteiger partial charge in [0.05, 0.1) is 6.04 Å². The van der Waals surface area contributed by atoms with Gasteiger partial charge in [-0.1, -0.05) is 24.9 Å². The summed E-state index contributed by atoms with van der Waals surface area (Å²) >= 11 is 5.99. The van der Waals surface area contributed by atoms with Crippen LogP contribution in [-0.2, 0) is 4.79 Å². The Kier molecular flexibility index (Phi) is 5.91. The number of carbonyl (C=O) groups is 1. The van der Waals surface area contributed by atoms with E-state index in [1.54, 1.807) is 6.07 Å². The van der Waals surface area contributed by atoms with Gasteiger partial charge in [-0.05, 0) is 18.6 Å². The highest BCUT2D eigenvalue weighted by Gasteiger charge is 2.29. The van der Waals surface area contributed by atoms with Crippen LogP contribution in [0.2, 0.25) is 0 Å². The monoisotopic (exact) mass is 395 g/mol. The first kappa shape index (κ1) is 20.0. The number of primary amides is 1. The van der Waals surface area contributed by atoms with Crippen molar-refractivity contribution in [1.82, 2.24) is 10.2 Å². The molecule has 11 N–H and O–H groups in total. The molecule has 1 aliphatic heterocycles. The van der Waals surface area contributed by atoms with Crippen molar-refractivity contribution in [3.63, 3.8) is 0 Å². The summed E-state index contributed by atoms with van der Waals surface area (Å²) in [6.07, 6.45) is 1.27. The number of nitrogens with two attached hydrogens (primary N) is 4. The van der Waals surface area contributed by atoms with E-state index in [9.17, 15) is 15.0 Å². The molecule has 10 nitrogen and oxygen atoms in total. The maximum absolute atomic E-state index is 11.5. The van der Waals surface area contributed by atoms with Crippen LogP contribution in [0.25, 0.3) is 0 Å². The minimum atomic E-state index is -0.850. The van der Waals surface area contributed by atoms with Gasteiger partial charge < -0.3 is 38.5 Å². The Hall–Kier alpha value is -3.27. The molecule has 1 amide bonds. The molecule has 0 saturated heterocycles. The van der Waals surface area contributed by atoms with Crippen LogP contribution in [-0.4, -0.2) is 27.0 Å². The van der Waals surface area contributed by atoms with Crippen molar-refractivity contribution in [2.24, 2.45) is 27.9 Å². The lowest BCUT2D eigenvalue weighted by Gasteiger charge is -2.31. The molecular weight excluding hydrogens is 374 g/mol. The number of phenolic OH excluding ortho intramolecular Hbond substituents is 2. The third-order valence-corrected chi connectivity index (χ3v) is 4.18. The second-order valence-corrected chi connectivity index (χ2v) is 6.20. The molecule has 0 aliphatic carbocycles. The summed E-state index contributed by atoms with van der Waals surface area (Å²) < 4.78 is 0. The van der Waals surface area contributed by atoms with Crippen molar-refractivity contribution in [2.75, 3.05) is 0 Å². The van der Waals surface area contributed by atoms with Crippen LogP contribution in [0.3, 0.4) is 0 Å². The fraction of sp³-hybridized carbons (Fsp3) is 0.250. The highest BCUT2D eigenvalue weighted by Crippen LogP contribution is 2.33. The third-order valence-electron chi connectivity index (χ3n) is 3.90. The second kappa shape index (κ2) is 7.96. The molecule has 1 unspecified atom stereocenters.